The van der Waals surface area contributed by atoms with E-state index in [-0.39, 0.29) is 24.4 Å². The van der Waals surface area contributed by atoms with Crippen LogP contribution >= 0.6 is 11.6 Å². The summed E-state index contributed by atoms with van der Waals surface area (Å²) in [6.07, 6.45) is 4.73. The lowest BCUT2D eigenvalue weighted by atomic mass is 10.0. The Kier molecular flexibility index (Phi) is 9.51. The summed E-state index contributed by atoms with van der Waals surface area (Å²) >= 11 is 6.53. The number of nitrogens with one attached hydrogen (secondary N) is 3. The van der Waals surface area contributed by atoms with Crippen molar-refractivity contribution in [2.45, 2.75) is 56.7 Å². The molecule has 0 aliphatic carbocycles. The van der Waals surface area contributed by atoms with E-state index >= 15 is 0 Å². The van der Waals surface area contributed by atoms with Gasteiger partial charge in [0.05, 0.1) is 16.7 Å². The SMILES string of the molecule is O=C(O[C@H](Cc1cc(Cl)c2[nH]ncc2c1)C(=O)N1CCN(C2CCNCC2)CC1)N1CCC(N2CCc3ccccc3NC2=O)CC1. The van der Waals surface area contributed by atoms with Crippen LogP contribution in [0.4, 0.5) is 15.3 Å². The van der Waals surface area contributed by atoms with Crippen LogP contribution in [-0.4, -0.2) is 125 Å². The van der Waals surface area contributed by atoms with Gasteiger partial charge in [0, 0.05) is 75.4 Å². The summed E-state index contributed by atoms with van der Waals surface area (Å²) in [5.74, 6) is -0.178. The lowest BCUT2D eigenvalue weighted by Gasteiger charge is -2.41. The molecule has 13 heteroatoms. The number of urea groups is 1. The lowest BCUT2D eigenvalue weighted by molar-refractivity contribution is -0.143. The van der Waals surface area contributed by atoms with Crippen molar-refractivity contribution in [1.82, 2.24) is 35.1 Å². The summed E-state index contributed by atoms with van der Waals surface area (Å²) in [6, 6.07) is 12.1. The normalized spacial score (nSPS) is 20.9. The zero-order valence-electron chi connectivity index (χ0n) is 26.6. The van der Waals surface area contributed by atoms with Crippen molar-refractivity contribution in [3.8, 4) is 0 Å². The molecule has 4 aliphatic heterocycles. The Morgan fingerprint density at radius 3 is 2.49 bits per heavy atom. The molecule has 0 bridgehead atoms. The first-order valence-corrected chi connectivity index (χ1v) is 17.3. The van der Waals surface area contributed by atoms with Gasteiger partial charge >= 0.3 is 12.1 Å². The maximum Gasteiger partial charge on any atom is 0.410 e. The minimum atomic E-state index is -0.985. The number of piperazine rings is 1. The van der Waals surface area contributed by atoms with Gasteiger partial charge in [0.1, 0.15) is 0 Å². The number of H-pyrrole nitrogens is 1. The molecule has 3 saturated heterocycles. The summed E-state index contributed by atoms with van der Waals surface area (Å²) in [7, 11) is 0. The van der Waals surface area contributed by atoms with Crippen LogP contribution in [0.15, 0.2) is 42.6 Å². The van der Waals surface area contributed by atoms with Crippen molar-refractivity contribution in [3.63, 3.8) is 0 Å². The highest BCUT2D eigenvalue weighted by molar-refractivity contribution is 6.35. The standard InChI is InChI=1S/C34H43ClN8O4/c35-28-20-23(19-25-22-37-39-31(25)28)21-30(32(44)41-17-15-40(16-18-41)26-5-10-36-11-6-26)47-34(46)42-12-8-27(9-13-42)43-14-7-24-3-1-2-4-29(24)38-33(43)45/h1-4,19-20,22,26-27,30,36H,5-18,21H2,(H,37,39)(H,38,45)/t30-/m1/s1. The van der Waals surface area contributed by atoms with Gasteiger partial charge in [0.2, 0.25) is 0 Å². The molecule has 47 heavy (non-hydrogen) atoms. The highest BCUT2D eigenvalue weighted by Crippen LogP contribution is 2.27. The number of aromatic nitrogens is 2. The lowest BCUT2D eigenvalue weighted by Crippen LogP contribution is -2.56. The third-order valence-electron chi connectivity index (χ3n) is 10.3. The molecule has 3 N–H and O–H groups in total. The molecular formula is C34H43ClN8O4. The van der Waals surface area contributed by atoms with Gasteiger partial charge in [0.25, 0.3) is 5.91 Å². The predicted octanol–water partition coefficient (Wildman–Crippen LogP) is 3.71. The number of carbonyl (C=O) groups is 3. The largest absolute Gasteiger partial charge is 0.436 e. The summed E-state index contributed by atoms with van der Waals surface area (Å²) in [6.45, 7) is 6.41. The van der Waals surface area contributed by atoms with Crippen LogP contribution in [0.2, 0.25) is 5.02 Å². The number of hydrogen-bond donors (Lipinski definition) is 3. The highest BCUT2D eigenvalue weighted by atomic mass is 35.5. The van der Waals surface area contributed by atoms with E-state index in [1.165, 1.54) is 0 Å². The summed E-state index contributed by atoms with van der Waals surface area (Å²) in [4.78, 5) is 48.6. The van der Waals surface area contributed by atoms with Gasteiger partial charge in [-0.15, -0.1) is 0 Å². The maximum atomic E-state index is 14.0. The average Bonchev–Trinajstić information content (AvgIpc) is 3.52. The minimum absolute atomic E-state index is 0.0193. The summed E-state index contributed by atoms with van der Waals surface area (Å²) < 4.78 is 6.06. The molecule has 0 spiro atoms. The molecule has 3 fully saturated rings. The molecule has 2 aromatic carbocycles. The van der Waals surface area contributed by atoms with Gasteiger partial charge in [-0.3, -0.25) is 14.8 Å². The molecule has 12 nitrogen and oxygen atoms in total. The van der Waals surface area contributed by atoms with Crippen LogP contribution in [0.5, 0.6) is 0 Å². The van der Waals surface area contributed by atoms with Crippen LogP contribution in [0, 0.1) is 0 Å². The quantitative estimate of drug-likeness (QED) is 0.368. The Hall–Kier alpha value is -3.87. The molecule has 7 rings (SSSR count). The van der Waals surface area contributed by atoms with E-state index in [9.17, 15) is 14.4 Å². The Morgan fingerprint density at radius 1 is 0.936 bits per heavy atom. The van der Waals surface area contributed by atoms with Gasteiger partial charge in [-0.25, -0.2) is 9.59 Å². The van der Waals surface area contributed by atoms with Crippen LogP contribution < -0.4 is 10.6 Å². The number of fused-ring (bicyclic) bond motifs is 2. The first kappa shape index (κ1) is 31.7. The Balaban J connectivity index is 1.00. The van der Waals surface area contributed by atoms with Crippen molar-refractivity contribution < 1.29 is 19.1 Å². The molecule has 0 radical (unpaired) electrons. The average molecular weight is 663 g/mol. The van der Waals surface area contributed by atoms with E-state index in [0.717, 1.165) is 73.2 Å². The molecule has 250 valence electrons. The molecular weight excluding hydrogens is 620 g/mol. The number of aromatic amines is 1. The number of likely N-dealkylation sites (tertiary alicyclic amines) is 1. The smallest absolute Gasteiger partial charge is 0.410 e. The number of anilines is 1. The number of ether oxygens (including phenoxy) is 1. The van der Waals surface area contributed by atoms with Crippen molar-refractivity contribution in [1.29, 1.82) is 0 Å². The number of rotatable bonds is 6. The fourth-order valence-electron chi connectivity index (χ4n) is 7.56. The topological polar surface area (TPSA) is 126 Å². The monoisotopic (exact) mass is 662 g/mol. The number of benzene rings is 2. The Bertz CT molecular complexity index is 1590. The van der Waals surface area contributed by atoms with Gasteiger partial charge in [-0.05, 0) is 74.5 Å². The fraction of sp³-hybridized carbons (Fsp3) is 0.529. The Morgan fingerprint density at radius 2 is 1.70 bits per heavy atom. The zero-order chi connectivity index (χ0) is 32.3. The van der Waals surface area contributed by atoms with Crippen molar-refractivity contribution in [2.75, 3.05) is 64.2 Å². The molecule has 1 aromatic heterocycles. The molecule has 4 amide bonds. The van der Waals surface area contributed by atoms with E-state index < -0.39 is 12.2 Å². The molecule has 0 saturated carbocycles. The van der Waals surface area contributed by atoms with Gasteiger partial charge in [0.15, 0.2) is 6.10 Å². The minimum Gasteiger partial charge on any atom is -0.436 e. The van der Waals surface area contributed by atoms with Crippen molar-refractivity contribution in [3.05, 3.63) is 58.7 Å². The van der Waals surface area contributed by atoms with E-state index in [0.29, 0.717) is 56.6 Å². The molecule has 0 unspecified atom stereocenters. The van der Waals surface area contributed by atoms with Crippen molar-refractivity contribution >= 4 is 46.2 Å². The van der Waals surface area contributed by atoms with Gasteiger partial charge in [-0.2, -0.15) is 5.10 Å². The third kappa shape index (κ3) is 7.05. The molecule has 1 atom stereocenters. The van der Waals surface area contributed by atoms with Gasteiger partial charge < -0.3 is 30.1 Å². The maximum absolute atomic E-state index is 14.0. The van der Waals surface area contributed by atoms with E-state index in [1.54, 1.807) is 17.2 Å². The zero-order valence-corrected chi connectivity index (χ0v) is 27.4. The highest BCUT2D eigenvalue weighted by Gasteiger charge is 2.36. The second-order valence-corrected chi connectivity index (χ2v) is 13.5. The molecule has 5 heterocycles. The Labute approximate surface area is 279 Å². The first-order chi connectivity index (χ1) is 22.9. The number of amides is 4. The number of nitrogens with zero attached hydrogens (tertiary/aromatic N) is 5. The number of carbonyl (C=O) groups excluding carboxylic acids is 3. The van der Waals surface area contributed by atoms with E-state index in [4.69, 9.17) is 16.3 Å². The second-order valence-electron chi connectivity index (χ2n) is 13.1. The van der Waals surface area contributed by atoms with Crippen LogP contribution in [0.25, 0.3) is 10.9 Å². The second kappa shape index (κ2) is 14.1. The van der Waals surface area contributed by atoms with Crippen LogP contribution in [0.1, 0.15) is 36.8 Å². The molecule has 3 aromatic rings. The summed E-state index contributed by atoms with van der Waals surface area (Å²) in [5, 5.41) is 14.8. The number of hydrogen-bond acceptors (Lipinski definition) is 7. The number of para-hydroxylation sites is 1. The first-order valence-electron chi connectivity index (χ1n) is 16.9. The molecule has 4 aliphatic rings. The van der Waals surface area contributed by atoms with Gasteiger partial charge in [-0.1, -0.05) is 29.8 Å². The van der Waals surface area contributed by atoms with Crippen LogP contribution in [0.3, 0.4) is 0 Å². The fourth-order valence-corrected chi connectivity index (χ4v) is 7.85. The number of halogens is 1. The van der Waals surface area contributed by atoms with Crippen LogP contribution in [-0.2, 0) is 22.4 Å². The summed E-state index contributed by atoms with van der Waals surface area (Å²) in [5.41, 5.74) is 3.52. The van der Waals surface area contributed by atoms with E-state index in [2.05, 4.69) is 25.7 Å². The predicted molar refractivity (Wildman–Crippen MR) is 180 cm³/mol. The van der Waals surface area contributed by atoms with E-state index in [1.807, 2.05) is 40.1 Å². The number of piperidine rings is 2. The van der Waals surface area contributed by atoms with Crippen molar-refractivity contribution in [2.24, 2.45) is 0 Å². The third-order valence-corrected chi connectivity index (χ3v) is 10.6.